The van der Waals surface area contributed by atoms with Crippen molar-refractivity contribution in [3.63, 3.8) is 0 Å². The topological polar surface area (TPSA) is 46.2 Å². The Labute approximate surface area is 109 Å². The van der Waals surface area contributed by atoms with Crippen LogP contribution in [-0.2, 0) is 9.59 Å². The van der Waals surface area contributed by atoms with Crippen LogP contribution in [0.5, 0.6) is 0 Å². The van der Waals surface area contributed by atoms with E-state index in [1.807, 2.05) is 51.1 Å². The number of Topliss-reactive ketones (excluding diaryl/α,β-unsaturated/α-hetero) is 1. The molecule has 1 rings (SSSR count). The van der Waals surface area contributed by atoms with Gasteiger partial charge < -0.3 is 5.32 Å². The quantitative estimate of drug-likeness (QED) is 0.840. The van der Waals surface area contributed by atoms with Gasteiger partial charge in [-0.3, -0.25) is 9.59 Å². The molecule has 0 bridgehead atoms. The third kappa shape index (κ3) is 3.99. The first-order valence-corrected chi connectivity index (χ1v) is 6.44. The average Bonchev–Trinajstić information content (AvgIpc) is 2.36. The highest BCUT2D eigenvalue weighted by Crippen LogP contribution is 2.18. The maximum atomic E-state index is 12.2. The molecule has 0 saturated carbocycles. The Kier molecular flexibility index (Phi) is 5.56. The standard InChI is InChI=1S/C15H21NO2/c1-4-8-13(17)16-14(15(18)11(2)3)12-9-6-5-7-10-12/h5-7,9-11,14H,4,8H2,1-3H3,(H,16,17)/t14-/m1/s1. The highest BCUT2D eigenvalue weighted by molar-refractivity contribution is 5.91. The summed E-state index contributed by atoms with van der Waals surface area (Å²) in [5.74, 6) is -0.122. The number of hydrogen-bond donors (Lipinski definition) is 1. The summed E-state index contributed by atoms with van der Waals surface area (Å²) in [5, 5.41) is 2.83. The van der Waals surface area contributed by atoms with Gasteiger partial charge in [-0.15, -0.1) is 0 Å². The highest BCUT2D eigenvalue weighted by atomic mass is 16.2. The van der Waals surface area contributed by atoms with Crippen molar-refractivity contribution in [2.24, 2.45) is 5.92 Å². The maximum absolute atomic E-state index is 12.2. The second kappa shape index (κ2) is 6.94. The lowest BCUT2D eigenvalue weighted by Gasteiger charge is -2.20. The molecule has 3 nitrogen and oxygen atoms in total. The van der Waals surface area contributed by atoms with E-state index in [0.717, 1.165) is 12.0 Å². The molecule has 0 heterocycles. The Hall–Kier alpha value is -1.64. The summed E-state index contributed by atoms with van der Waals surface area (Å²) < 4.78 is 0. The van der Waals surface area contributed by atoms with Crippen LogP contribution in [0.4, 0.5) is 0 Å². The van der Waals surface area contributed by atoms with Gasteiger partial charge in [0.05, 0.1) is 0 Å². The maximum Gasteiger partial charge on any atom is 0.220 e. The van der Waals surface area contributed by atoms with E-state index in [2.05, 4.69) is 5.32 Å². The molecule has 0 aliphatic carbocycles. The number of nitrogens with one attached hydrogen (secondary N) is 1. The van der Waals surface area contributed by atoms with Crippen LogP contribution in [0.3, 0.4) is 0 Å². The van der Waals surface area contributed by atoms with Gasteiger partial charge in [-0.2, -0.15) is 0 Å². The monoisotopic (exact) mass is 247 g/mol. The molecule has 1 N–H and O–H groups in total. The largest absolute Gasteiger partial charge is 0.342 e. The number of hydrogen-bond acceptors (Lipinski definition) is 2. The van der Waals surface area contributed by atoms with Gasteiger partial charge in [0.25, 0.3) is 0 Å². The van der Waals surface area contributed by atoms with Crippen molar-refractivity contribution in [3.8, 4) is 0 Å². The van der Waals surface area contributed by atoms with Crippen LogP contribution < -0.4 is 5.32 Å². The van der Waals surface area contributed by atoms with Crippen molar-refractivity contribution < 1.29 is 9.59 Å². The van der Waals surface area contributed by atoms with Gasteiger partial charge in [-0.05, 0) is 12.0 Å². The molecule has 0 unspecified atom stereocenters. The molecule has 0 fully saturated rings. The van der Waals surface area contributed by atoms with Crippen LogP contribution in [0.25, 0.3) is 0 Å². The fourth-order valence-electron chi connectivity index (χ4n) is 1.76. The fraction of sp³-hybridized carbons (Fsp3) is 0.467. The Morgan fingerprint density at radius 1 is 1.17 bits per heavy atom. The Morgan fingerprint density at radius 2 is 1.78 bits per heavy atom. The van der Waals surface area contributed by atoms with E-state index in [9.17, 15) is 9.59 Å². The molecule has 0 aromatic heterocycles. The van der Waals surface area contributed by atoms with Crippen LogP contribution >= 0.6 is 0 Å². The third-order valence-electron chi connectivity index (χ3n) is 2.77. The van der Waals surface area contributed by atoms with Crippen molar-refractivity contribution in [3.05, 3.63) is 35.9 Å². The predicted molar refractivity (Wildman–Crippen MR) is 72.1 cm³/mol. The van der Waals surface area contributed by atoms with E-state index in [1.54, 1.807) is 0 Å². The minimum Gasteiger partial charge on any atom is -0.342 e. The van der Waals surface area contributed by atoms with Gasteiger partial charge in [0.1, 0.15) is 6.04 Å². The molecule has 0 aliphatic rings. The van der Waals surface area contributed by atoms with E-state index >= 15 is 0 Å². The summed E-state index contributed by atoms with van der Waals surface area (Å²) in [6.45, 7) is 5.65. The normalized spacial score (nSPS) is 12.2. The highest BCUT2D eigenvalue weighted by Gasteiger charge is 2.24. The van der Waals surface area contributed by atoms with Crippen molar-refractivity contribution in [2.75, 3.05) is 0 Å². The lowest BCUT2D eigenvalue weighted by molar-refractivity contribution is -0.129. The molecular weight excluding hydrogens is 226 g/mol. The number of amides is 1. The summed E-state index contributed by atoms with van der Waals surface area (Å²) >= 11 is 0. The lowest BCUT2D eigenvalue weighted by atomic mass is 9.95. The van der Waals surface area contributed by atoms with Crippen molar-refractivity contribution in [1.29, 1.82) is 0 Å². The SMILES string of the molecule is CCCC(=O)N[C@@H](C(=O)C(C)C)c1ccccc1. The van der Waals surface area contributed by atoms with E-state index in [-0.39, 0.29) is 17.6 Å². The first-order chi connectivity index (χ1) is 8.56. The number of benzene rings is 1. The van der Waals surface area contributed by atoms with Crippen molar-refractivity contribution in [1.82, 2.24) is 5.32 Å². The Morgan fingerprint density at radius 3 is 2.28 bits per heavy atom. The van der Waals surface area contributed by atoms with Crippen LogP contribution in [0.2, 0.25) is 0 Å². The number of carbonyl (C=O) groups is 2. The molecule has 0 aliphatic heterocycles. The van der Waals surface area contributed by atoms with E-state index in [1.165, 1.54) is 0 Å². The van der Waals surface area contributed by atoms with Crippen LogP contribution in [0, 0.1) is 5.92 Å². The molecule has 1 aromatic carbocycles. The van der Waals surface area contributed by atoms with E-state index in [4.69, 9.17) is 0 Å². The second-order valence-corrected chi connectivity index (χ2v) is 4.72. The molecule has 18 heavy (non-hydrogen) atoms. The van der Waals surface area contributed by atoms with E-state index in [0.29, 0.717) is 6.42 Å². The summed E-state index contributed by atoms with van der Waals surface area (Å²) in [4.78, 5) is 23.9. The zero-order valence-corrected chi connectivity index (χ0v) is 11.3. The number of ketones is 1. The fourth-order valence-corrected chi connectivity index (χ4v) is 1.76. The average molecular weight is 247 g/mol. The molecular formula is C15H21NO2. The summed E-state index contributed by atoms with van der Waals surface area (Å²) in [6, 6.07) is 8.87. The van der Waals surface area contributed by atoms with Crippen molar-refractivity contribution >= 4 is 11.7 Å². The predicted octanol–water partition coefficient (Wildman–Crippen LogP) is 2.87. The minimum absolute atomic E-state index is 0.0469. The van der Waals surface area contributed by atoms with Gasteiger partial charge in [0.2, 0.25) is 5.91 Å². The minimum atomic E-state index is -0.523. The molecule has 0 radical (unpaired) electrons. The molecule has 3 heteroatoms. The van der Waals surface area contributed by atoms with Gasteiger partial charge >= 0.3 is 0 Å². The first-order valence-electron chi connectivity index (χ1n) is 6.44. The molecule has 0 spiro atoms. The van der Waals surface area contributed by atoms with Crippen LogP contribution in [-0.4, -0.2) is 11.7 Å². The number of rotatable bonds is 6. The molecule has 1 amide bonds. The zero-order chi connectivity index (χ0) is 13.5. The summed E-state index contributed by atoms with van der Waals surface area (Å²) in [6.07, 6.45) is 1.23. The second-order valence-electron chi connectivity index (χ2n) is 4.72. The molecule has 0 saturated heterocycles. The molecule has 1 aromatic rings. The Balaban J connectivity index is 2.89. The van der Waals surface area contributed by atoms with E-state index < -0.39 is 6.04 Å². The van der Waals surface area contributed by atoms with Crippen LogP contribution in [0.1, 0.15) is 45.2 Å². The number of carbonyl (C=O) groups excluding carboxylic acids is 2. The van der Waals surface area contributed by atoms with Gasteiger partial charge in [0.15, 0.2) is 5.78 Å². The zero-order valence-electron chi connectivity index (χ0n) is 11.3. The summed E-state index contributed by atoms with van der Waals surface area (Å²) in [7, 11) is 0. The van der Waals surface area contributed by atoms with Crippen molar-refractivity contribution in [2.45, 2.75) is 39.7 Å². The third-order valence-corrected chi connectivity index (χ3v) is 2.77. The first kappa shape index (κ1) is 14.4. The lowest BCUT2D eigenvalue weighted by Crippen LogP contribution is -2.35. The smallest absolute Gasteiger partial charge is 0.220 e. The van der Waals surface area contributed by atoms with Crippen LogP contribution in [0.15, 0.2) is 30.3 Å². The molecule has 1 atom stereocenters. The van der Waals surface area contributed by atoms with Gasteiger partial charge in [-0.25, -0.2) is 0 Å². The van der Waals surface area contributed by atoms with Gasteiger partial charge in [-0.1, -0.05) is 51.1 Å². The molecule has 98 valence electrons. The Bertz CT molecular complexity index is 398. The summed E-state index contributed by atoms with van der Waals surface area (Å²) in [5.41, 5.74) is 0.848. The van der Waals surface area contributed by atoms with Gasteiger partial charge in [0, 0.05) is 12.3 Å².